The number of aliphatic hydroxyl groups is 1. The van der Waals surface area contributed by atoms with Crippen LogP contribution >= 0.6 is 0 Å². The number of hydrogen-bond acceptors (Lipinski definition) is 8. The fraction of sp³-hybridized carbons (Fsp3) is 0.618. The summed E-state index contributed by atoms with van der Waals surface area (Å²) in [5, 5.41) is 15.1. The minimum Gasteiger partial charge on any atom is -0.458 e. The summed E-state index contributed by atoms with van der Waals surface area (Å²) in [5.41, 5.74) is 0.295. The van der Waals surface area contributed by atoms with Crippen LogP contribution in [0.4, 0.5) is 0 Å². The number of esters is 1. The van der Waals surface area contributed by atoms with Crippen molar-refractivity contribution in [3.8, 4) is 0 Å². The Bertz CT molecular complexity index is 1580. The van der Waals surface area contributed by atoms with E-state index >= 15 is 0 Å². The molecule has 0 radical (unpaired) electrons. The Morgan fingerprint density at radius 3 is 2.70 bits per heavy atom. The second kappa shape index (κ2) is 10.9. The summed E-state index contributed by atoms with van der Waals surface area (Å²) in [7, 11) is 0. The number of aliphatic hydroxyl groups excluding tert-OH is 1. The van der Waals surface area contributed by atoms with Gasteiger partial charge in [0.1, 0.15) is 17.5 Å². The Balaban J connectivity index is 1.43. The second-order valence-corrected chi connectivity index (χ2v) is 14.2. The van der Waals surface area contributed by atoms with E-state index < -0.39 is 39.9 Å². The van der Waals surface area contributed by atoms with E-state index in [1.165, 1.54) is 17.1 Å². The molecule has 4 fully saturated rings. The monoisotopic (exact) mass is 604 g/mol. The summed E-state index contributed by atoms with van der Waals surface area (Å²) in [5.74, 6) is -1.45. The van der Waals surface area contributed by atoms with Gasteiger partial charge in [-0.15, -0.1) is 6.58 Å². The van der Waals surface area contributed by atoms with Crippen molar-refractivity contribution in [1.29, 1.82) is 0 Å². The highest BCUT2D eigenvalue weighted by Crippen LogP contribution is 2.68. The zero-order chi connectivity index (χ0) is 31.6. The lowest BCUT2D eigenvalue weighted by Crippen LogP contribution is -2.63. The summed E-state index contributed by atoms with van der Waals surface area (Å²) in [4.78, 5) is 58.9. The van der Waals surface area contributed by atoms with Crippen molar-refractivity contribution in [2.24, 2.45) is 34.0 Å². The van der Waals surface area contributed by atoms with E-state index in [1.54, 1.807) is 18.2 Å². The van der Waals surface area contributed by atoms with E-state index in [2.05, 4.69) is 43.1 Å². The van der Waals surface area contributed by atoms with Crippen molar-refractivity contribution in [2.75, 3.05) is 12.0 Å². The van der Waals surface area contributed by atoms with E-state index in [-0.39, 0.29) is 58.5 Å². The number of rotatable bonds is 5. The van der Waals surface area contributed by atoms with Gasteiger partial charge < -0.3 is 15.2 Å². The number of nitrogens with zero attached hydrogens (tertiary/aromatic N) is 2. The molecule has 1 saturated heterocycles. The number of carbonyl (C=O) groups is 3. The van der Waals surface area contributed by atoms with Crippen molar-refractivity contribution in [3.05, 3.63) is 53.0 Å². The van der Waals surface area contributed by atoms with Gasteiger partial charge in [-0.1, -0.05) is 33.8 Å². The molecule has 0 spiro atoms. The van der Waals surface area contributed by atoms with Gasteiger partial charge in [-0.3, -0.25) is 19.8 Å². The third kappa shape index (κ3) is 4.47. The number of ether oxygens (including phenoxy) is 1. The molecule has 3 N–H and O–H groups in total. The molecule has 0 aromatic carbocycles. The minimum atomic E-state index is -0.836. The zero-order valence-electron chi connectivity index (χ0n) is 26.1. The maximum Gasteiger partial charge on any atom is 0.344 e. The summed E-state index contributed by atoms with van der Waals surface area (Å²) in [6.07, 6.45) is 7.58. The van der Waals surface area contributed by atoms with E-state index in [0.29, 0.717) is 19.3 Å². The highest BCUT2D eigenvalue weighted by molar-refractivity contribution is 5.95. The molecule has 3 heterocycles. The lowest BCUT2D eigenvalue weighted by molar-refractivity contribution is -0.192. The molecule has 236 valence electrons. The van der Waals surface area contributed by atoms with Gasteiger partial charge in [0.15, 0.2) is 5.65 Å². The highest BCUT2D eigenvalue weighted by Gasteiger charge is 2.68. The van der Waals surface area contributed by atoms with Crippen LogP contribution < -0.4 is 16.2 Å². The average Bonchev–Trinajstić information content (AvgIpc) is 3.68. The van der Waals surface area contributed by atoms with Gasteiger partial charge in [0.25, 0.3) is 5.91 Å². The molecule has 3 aliphatic carbocycles. The lowest BCUT2D eigenvalue weighted by Gasteiger charge is -2.61. The molecule has 2 bridgehead atoms. The molecule has 9 atom stereocenters. The Morgan fingerprint density at radius 2 is 2.00 bits per heavy atom. The van der Waals surface area contributed by atoms with Crippen molar-refractivity contribution in [2.45, 2.75) is 90.9 Å². The second-order valence-electron chi connectivity index (χ2n) is 14.2. The quantitative estimate of drug-likeness (QED) is 0.347. The zero-order valence-corrected chi connectivity index (χ0v) is 26.1. The maximum atomic E-state index is 14.1. The number of aromatic nitrogens is 2. The number of hydrogen-bond donors (Lipinski definition) is 3. The molecule has 10 heteroatoms. The molecule has 44 heavy (non-hydrogen) atoms. The smallest absolute Gasteiger partial charge is 0.344 e. The predicted molar refractivity (Wildman–Crippen MR) is 165 cm³/mol. The first-order valence-electron chi connectivity index (χ1n) is 16.0. The van der Waals surface area contributed by atoms with Crippen LogP contribution in [0.3, 0.4) is 0 Å². The Labute approximate surface area is 257 Å². The van der Waals surface area contributed by atoms with Gasteiger partial charge in [0, 0.05) is 35.6 Å². The molecule has 6 rings (SSSR count). The Morgan fingerprint density at radius 1 is 1.23 bits per heavy atom. The van der Waals surface area contributed by atoms with Crippen molar-refractivity contribution in [1.82, 2.24) is 15.0 Å². The minimum absolute atomic E-state index is 0.0487. The Kier molecular flexibility index (Phi) is 7.60. The molecule has 3 unspecified atom stereocenters. The molecule has 3 saturated carbocycles. The van der Waals surface area contributed by atoms with Gasteiger partial charge in [0.2, 0.25) is 5.43 Å². The predicted octanol–water partition coefficient (Wildman–Crippen LogP) is 3.74. The van der Waals surface area contributed by atoms with E-state index in [9.17, 15) is 24.3 Å². The molecule has 4 aliphatic rings. The fourth-order valence-corrected chi connectivity index (χ4v) is 9.19. The molecule has 1 aliphatic heterocycles. The first kappa shape index (κ1) is 30.6. The van der Waals surface area contributed by atoms with E-state index in [0.717, 1.165) is 25.8 Å². The van der Waals surface area contributed by atoms with Gasteiger partial charge in [-0.05, 0) is 74.5 Å². The molecule has 1 amide bonds. The number of amides is 1. The van der Waals surface area contributed by atoms with Gasteiger partial charge in [0.05, 0.1) is 17.5 Å². The van der Waals surface area contributed by atoms with Crippen LogP contribution in [0.5, 0.6) is 0 Å². The van der Waals surface area contributed by atoms with Crippen LogP contribution in [0.15, 0.2) is 42.0 Å². The maximum absolute atomic E-state index is 14.1. The van der Waals surface area contributed by atoms with Crippen LogP contribution in [0, 0.1) is 34.0 Å². The van der Waals surface area contributed by atoms with E-state index in [4.69, 9.17) is 4.74 Å². The fourth-order valence-electron chi connectivity index (χ4n) is 9.19. The van der Waals surface area contributed by atoms with Gasteiger partial charge in [-0.25, -0.2) is 14.5 Å². The first-order chi connectivity index (χ1) is 20.9. The first-order valence-corrected chi connectivity index (χ1v) is 16.0. The molecule has 10 nitrogen and oxygen atoms in total. The highest BCUT2D eigenvalue weighted by atomic mass is 16.5. The molecular formula is C34H44N4O6. The van der Waals surface area contributed by atoms with E-state index in [1.807, 2.05) is 6.92 Å². The molecule has 2 aromatic heterocycles. The molecule has 2 aromatic rings. The third-order valence-corrected chi connectivity index (χ3v) is 12.1. The molecular weight excluding hydrogens is 560 g/mol. The van der Waals surface area contributed by atoms with Crippen LogP contribution in [-0.2, 0) is 14.3 Å². The normalized spacial score (nSPS) is 38.4. The van der Waals surface area contributed by atoms with Gasteiger partial charge in [-0.2, -0.15) is 0 Å². The van der Waals surface area contributed by atoms with Crippen molar-refractivity contribution in [3.63, 3.8) is 0 Å². The summed E-state index contributed by atoms with van der Waals surface area (Å²) >= 11 is 0. The summed E-state index contributed by atoms with van der Waals surface area (Å²) < 4.78 is 7.71. The lowest BCUT2D eigenvalue weighted by atomic mass is 9.44. The van der Waals surface area contributed by atoms with Gasteiger partial charge >= 0.3 is 5.97 Å². The van der Waals surface area contributed by atoms with Crippen LogP contribution in [-0.4, -0.2) is 57.2 Å². The number of ketones is 1. The summed E-state index contributed by atoms with van der Waals surface area (Å²) in [6.45, 7) is 13.0. The van der Waals surface area contributed by atoms with Crippen molar-refractivity contribution < 1.29 is 24.2 Å². The number of fused-ring (bicyclic) bond motifs is 1. The van der Waals surface area contributed by atoms with Crippen LogP contribution in [0.1, 0.15) is 83.0 Å². The third-order valence-electron chi connectivity index (χ3n) is 12.1. The number of pyridine rings is 2. The number of nitrogens with one attached hydrogen (secondary N) is 2. The number of carbonyl (C=O) groups excluding carboxylic acids is 3. The largest absolute Gasteiger partial charge is 0.458 e. The summed E-state index contributed by atoms with van der Waals surface area (Å²) in [6, 6.07) is 2.78. The van der Waals surface area contributed by atoms with Crippen LogP contribution in [0.2, 0.25) is 0 Å². The topological polar surface area (TPSA) is 140 Å². The average molecular weight is 605 g/mol. The van der Waals surface area contributed by atoms with Crippen LogP contribution in [0.25, 0.3) is 11.0 Å². The number of Topliss-reactive ketones (excluding diaryl/α,β-unsaturated/α-hetero) is 1. The SMILES string of the molecule is C=C[C@]1(C)C[C@@H](OC(=O)c2cn(NC(=O)C3CCCN3)c3ncccc3c2=O)[C@]2(C)C(C)CC[C@]3(CCC(=O)C32)[C@@H](C)[C@@H]1O. The standard InChI is InChI=1S/C34H44N4O6/c1-6-32(4)17-25(33(5)19(2)11-13-34(20(3)28(32)41)14-12-24(39)27(33)34)44-31(43)22-18-38(37-30(42)23-10-8-15-35-23)29-21(26(22)40)9-7-16-36-29/h6-7,9,16,18-20,23,25,27-28,35,41H,1,8,10-15,17H2,2-5H3,(H,37,42)/t19?,20-,23?,25+,27?,28-,32+,33-,34-/m0/s1. The Hall–Kier alpha value is -3.37. The van der Waals surface area contributed by atoms with Crippen molar-refractivity contribution >= 4 is 28.7 Å².